The number of aliphatic carboxylic acids is 1. The van der Waals surface area contributed by atoms with Gasteiger partial charge >= 0.3 is 5.97 Å². The molecular weight excluding hydrogens is 418 g/mol. The highest BCUT2D eigenvalue weighted by Crippen LogP contribution is 2.20. The maximum Gasteiger partial charge on any atom is 0.330 e. The summed E-state index contributed by atoms with van der Waals surface area (Å²) in [5, 5.41) is 19.7. The molecule has 0 fully saturated rings. The highest BCUT2D eigenvalue weighted by atomic mass is 16.4. The summed E-state index contributed by atoms with van der Waals surface area (Å²) in [7, 11) is 1.91. The summed E-state index contributed by atoms with van der Waals surface area (Å²) in [6.45, 7) is 0. The fourth-order valence-electron chi connectivity index (χ4n) is 3.68. The van der Waals surface area contributed by atoms with Crippen LogP contribution in [0.3, 0.4) is 0 Å². The fraction of sp³-hybridized carbons (Fsp3) is 0.120. The van der Waals surface area contributed by atoms with E-state index in [2.05, 4.69) is 10.3 Å². The fourth-order valence-corrected chi connectivity index (χ4v) is 3.68. The topological polar surface area (TPSA) is 134 Å². The summed E-state index contributed by atoms with van der Waals surface area (Å²) < 4.78 is 1.96. The molecule has 1 unspecified atom stereocenters. The molecule has 33 heavy (non-hydrogen) atoms. The second-order valence-corrected chi connectivity index (χ2v) is 7.73. The van der Waals surface area contributed by atoms with Gasteiger partial charge in [0, 0.05) is 24.6 Å². The average Bonchev–Trinajstić information content (AvgIpc) is 3.12. The molecule has 0 saturated heterocycles. The van der Waals surface area contributed by atoms with Gasteiger partial charge in [-0.2, -0.15) is 0 Å². The van der Waals surface area contributed by atoms with Crippen LogP contribution < -0.4 is 11.1 Å². The van der Waals surface area contributed by atoms with Crippen LogP contribution in [0.15, 0.2) is 72.8 Å². The third-order valence-corrected chi connectivity index (χ3v) is 5.52. The molecule has 0 bridgehead atoms. The summed E-state index contributed by atoms with van der Waals surface area (Å²) in [6.07, 6.45) is 0.569. The quantitative estimate of drug-likeness (QED) is 0.258. The lowest BCUT2D eigenvalue weighted by Gasteiger charge is -2.15. The van der Waals surface area contributed by atoms with E-state index in [1.807, 2.05) is 23.7 Å². The predicted molar refractivity (Wildman–Crippen MR) is 125 cm³/mol. The molecule has 3 aromatic carbocycles. The minimum Gasteiger partial charge on any atom is -0.479 e. The first-order chi connectivity index (χ1) is 15.8. The van der Waals surface area contributed by atoms with Gasteiger partial charge in [0.1, 0.15) is 11.7 Å². The van der Waals surface area contributed by atoms with Crippen molar-refractivity contribution in [3.05, 3.63) is 101 Å². The number of imidazole rings is 1. The SMILES string of the molecule is Cn1c(Cc2ccc(C(=N)N)cc2)nc2cc(C(=O)NC(C(=O)O)c3ccccc3)ccc21. The van der Waals surface area contributed by atoms with Crippen LogP contribution in [0.25, 0.3) is 11.0 Å². The van der Waals surface area contributed by atoms with Gasteiger partial charge in [-0.15, -0.1) is 0 Å². The van der Waals surface area contributed by atoms with E-state index in [1.54, 1.807) is 60.7 Å². The van der Waals surface area contributed by atoms with E-state index in [0.717, 1.165) is 16.9 Å². The number of benzene rings is 3. The van der Waals surface area contributed by atoms with Gasteiger partial charge in [0.05, 0.1) is 11.0 Å². The predicted octanol–water partition coefficient (Wildman–Crippen LogP) is 3.00. The van der Waals surface area contributed by atoms with Crippen LogP contribution in [0, 0.1) is 5.41 Å². The summed E-state index contributed by atoms with van der Waals surface area (Å²) >= 11 is 0. The van der Waals surface area contributed by atoms with Crippen molar-refractivity contribution in [1.82, 2.24) is 14.9 Å². The third kappa shape index (κ3) is 4.59. The van der Waals surface area contributed by atoms with Crippen molar-refractivity contribution in [3.8, 4) is 0 Å². The summed E-state index contributed by atoms with van der Waals surface area (Å²) in [5.74, 6) is -0.787. The van der Waals surface area contributed by atoms with Gasteiger partial charge in [0.2, 0.25) is 0 Å². The van der Waals surface area contributed by atoms with Crippen LogP contribution in [0.2, 0.25) is 0 Å². The first-order valence-electron chi connectivity index (χ1n) is 10.3. The molecule has 0 spiro atoms. The molecule has 0 radical (unpaired) electrons. The second-order valence-electron chi connectivity index (χ2n) is 7.73. The normalized spacial score (nSPS) is 11.8. The Hall–Kier alpha value is -4.46. The van der Waals surface area contributed by atoms with E-state index >= 15 is 0 Å². The van der Waals surface area contributed by atoms with Crippen LogP contribution in [0.1, 0.15) is 38.9 Å². The Bertz CT molecular complexity index is 1340. The maximum atomic E-state index is 12.8. The first-order valence-corrected chi connectivity index (χ1v) is 10.3. The molecule has 8 heteroatoms. The molecule has 1 aromatic heterocycles. The maximum absolute atomic E-state index is 12.8. The molecule has 4 rings (SSSR count). The summed E-state index contributed by atoms with van der Waals surface area (Å²) in [5.41, 5.74) is 9.53. The minimum absolute atomic E-state index is 0.0208. The summed E-state index contributed by atoms with van der Waals surface area (Å²) in [4.78, 5) is 29.2. The van der Waals surface area contributed by atoms with Gasteiger partial charge in [-0.25, -0.2) is 9.78 Å². The smallest absolute Gasteiger partial charge is 0.330 e. The van der Waals surface area contributed by atoms with Gasteiger partial charge in [0.15, 0.2) is 6.04 Å². The van der Waals surface area contributed by atoms with Crippen molar-refractivity contribution in [2.45, 2.75) is 12.5 Å². The zero-order valence-electron chi connectivity index (χ0n) is 17.9. The van der Waals surface area contributed by atoms with Crippen molar-refractivity contribution in [1.29, 1.82) is 5.41 Å². The molecule has 0 saturated carbocycles. The number of aryl methyl sites for hydroxylation is 1. The largest absolute Gasteiger partial charge is 0.479 e. The summed E-state index contributed by atoms with van der Waals surface area (Å²) in [6, 6.07) is 20.0. The number of rotatable bonds is 7. The van der Waals surface area contributed by atoms with E-state index in [9.17, 15) is 14.7 Å². The number of carbonyl (C=O) groups is 2. The van der Waals surface area contributed by atoms with E-state index in [0.29, 0.717) is 28.6 Å². The lowest BCUT2D eigenvalue weighted by atomic mass is 10.1. The number of hydrogen-bond acceptors (Lipinski definition) is 4. The number of hydrogen-bond donors (Lipinski definition) is 4. The van der Waals surface area contributed by atoms with E-state index in [-0.39, 0.29) is 5.84 Å². The molecule has 166 valence electrons. The number of carbonyl (C=O) groups excluding carboxylic acids is 1. The van der Waals surface area contributed by atoms with Crippen molar-refractivity contribution in [2.24, 2.45) is 12.8 Å². The Morgan fingerprint density at radius 3 is 2.36 bits per heavy atom. The molecular formula is C25H23N5O3. The van der Waals surface area contributed by atoms with E-state index in [1.165, 1.54) is 0 Å². The number of nitrogens with zero attached hydrogens (tertiary/aromatic N) is 2. The number of amides is 1. The van der Waals surface area contributed by atoms with Gasteiger partial charge in [-0.1, -0.05) is 54.6 Å². The van der Waals surface area contributed by atoms with Gasteiger partial charge in [-0.05, 0) is 29.3 Å². The molecule has 5 N–H and O–H groups in total. The highest BCUT2D eigenvalue weighted by Gasteiger charge is 2.23. The second kappa shape index (κ2) is 8.96. The Labute approximate surface area is 190 Å². The number of amidine groups is 1. The Morgan fingerprint density at radius 2 is 1.73 bits per heavy atom. The Morgan fingerprint density at radius 1 is 1.06 bits per heavy atom. The number of aromatic nitrogens is 2. The number of nitrogen functional groups attached to an aromatic ring is 1. The first kappa shape index (κ1) is 21.8. The lowest BCUT2D eigenvalue weighted by Crippen LogP contribution is -2.33. The molecule has 4 aromatic rings. The van der Waals surface area contributed by atoms with Crippen molar-refractivity contribution in [2.75, 3.05) is 0 Å². The minimum atomic E-state index is -1.15. The molecule has 8 nitrogen and oxygen atoms in total. The molecule has 1 heterocycles. The number of nitrogens with one attached hydrogen (secondary N) is 2. The van der Waals surface area contributed by atoms with E-state index in [4.69, 9.17) is 11.1 Å². The Balaban J connectivity index is 1.57. The molecule has 1 amide bonds. The molecule has 0 aliphatic heterocycles. The number of carboxylic acid groups (broad SMARTS) is 1. The van der Waals surface area contributed by atoms with Crippen LogP contribution >= 0.6 is 0 Å². The third-order valence-electron chi connectivity index (χ3n) is 5.52. The van der Waals surface area contributed by atoms with Crippen LogP contribution in [0.4, 0.5) is 0 Å². The average molecular weight is 441 g/mol. The van der Waals surface area contributed by atoms with Crippen molar-refractivity contribution < 1.29 is 14.7 Å². The van der Waals surface area contributed by atoms with Gasteiger partial charge in [-0.3, -0.25) is 10.2 Å². The lowest BCUT2D eigenvalue weighted by molar-refractivity contribution is -0.139. The van der Waals surface area contributed by atoms with Crippen LogP contribution in [-0.4, -0.2) is 32.4 Å². The molecule has 0 aliphatic rings. The standard InChI is InChI=1S/C25H23N5O3/c1-30-20-12-11-18(24(31)29-22(25(32)33)16-5-3-2-4-6-16)14-19(20)28-21(30)13-15-7-9-17(10-8-15)23(26)27/h2-12,14,22H,13H2,1H3,(H3,26,27)(H,29,31)(H,32,33). The molecule has 0 aliphatic carbocycles. The highest BCUT2D eigenvalue weighted by molar-refractivity contribution is 5.99. The molecule has 1 atom stereocenters. The van der Waals surface area contributed by atoms with E-state index < -0.39 is 17.9 Å². The van der Waals surface area contributed by atoms with Crippen molar-refractivity contribution in [3.63, 3.8) is 0 Å². The van der Waals surface area contributed by atoms with Gasteiger partial charge in [0.25, 0.3) is 5.91 Å². The zero-order valence-corrected chi connectivity index (χ0v) is 17.9. The number of carboxylic acids is 1. The Kier molecular flexibility index (Phi) is 5.91. The number of fused-ring (bicyclic) bond motifs is 1. The number of nitrogens with two attached hydrogens (primary N) is 1. The van der Waals surface area contributed by atoms with Crippen LogP contribution in [-0.2, 0) is 18.3 Å². The van der Waals surface area contributed by atoms with Crippen molar-refractivity contribution >= 4 is 28.7 Å². The van der Waals surface area contributed by atoms with Gasteiger partial charge < -0.3 is 20.7 Å². The monoisotopic (exact) mass is 441 g/mol. The van der Waals surface area contributed by atoms with Crippen LogP contribution in [0.5, 0.6) is 0 Å². The zero-order chi connectivity index (χ0) is 23.5.